The van der Waals surface area contributed by atoms with Crippen molar-refractivity contribution in [2.75, 3.05) is 0 Å². The summed E-state index contributed by atoms with van der Waals surface area (Å²) >= 11 is 6.22. The molecule has 1 atom stereocenters. The predicted molar refractivity (Wildman–Crippen MR) is 113 cm³/mol. The fourth-order valence-corrected chi connectivity index (χ4v) is 2.83. The number of hydrogen-bond acceptors (Lipinski definition) is 5. The summed E-state index contributed by atoms with van der Waals surface area (Å²) in [6, 6.07) is 6.71. The van der Waals surface area contributed by atoms with Gasteiger partial charge in [-0.3, -0.25) is 4.79 Å². The van der Waals surface area contributed by atoms with Crippen LogP contribution in [-0.4, -0.2) is 30.6 Å². The lowest BCUT2D eigenvalue weighted by molar-refractivity contribution is 0.0937. The second-order valence-electron chi connectivity index (χ2n) is 7.25. The number of aromatic nitrogens is 5. The second kappa shape index (κ2) is 8.70. The van der Waals surface area contributed by atoms with Crippen molar-refractivity contribution in [2.45, 2.75) is 39.2 Å². The fraction of sp³-hybridized carbons (Fsp3) is 0.316. The molecule has 0 radical (unpaired) electrons. The van der Waals surface area contributed by atoms with Crippen molar-refractivity contribution < 1.29 is 4.79 Å². The molecule has 7 nitrogen and oxygen atoms in total. The van der Waals surface area contributed by atoms with Crippen LogP contribution in [0.5, 0.6) is 0 Å². The maximum absolute atomic E-state index is 12.8. The maximum Gasteiger partial charge on any atom is 0.252 e. The number of rotatable bonds is 4. The highest BCUT2D eigenvalue weighted by atomic mass is 35.5. The number of benzene rings is 1. The number of hydrogen-bond donors (Lipinski definition) is 1. The average molecular weight is 419 g/mol. The van der Waals surface area contributed by atoms with Gasteiger partial charge in [0.25, 0.3) is 11.9 Å². The highest BCUT2D eigenvalue weighted by Crippen LogP contribution is 2.27. The minimum absolute atomic E-state index is 0. The van der Waals surface area contributed by atoms with E-state index in [2.05, 4.69) is 46.1 Å². The first-order valence-corrected chi connectivity index (χ1v) is 8.93. The van der Waals surface area contributed by atoms with Crippen molar-refractivity contribution in [3.8, 4) is 5.95 Å². The molecule has 148 valence electrons. The summed E-state index contributed by atoms with van der Waals surface area (Å²) in [4.78, 5) is 25.4. The highest BCUT2D eigenvalue weighted by molar-refractivity contribution is 7.59. The summed E-state index contributed by atoms with van der Waals surface area (Å²) in [7, 11) is 0. The molecule has 0 aliphatic rings. The van der Waals surface area contributed by atoms with E-state index in [1.807, 2.05) is 19.1 Å². The van der Waals surface area contributed by atoms with Crippen LogP contribution in [0.3, 0.4) is 0 Å². The number of halogens is 1. The standard InChI is InChI=1S/C19H21ClN6O.H2S/c1-12(16-23-11-24-26(16)18-21-6-5-7-22-18)25-17(27)13-8-14(19(2,3)4)10-15(20)9-13;/h5-12H,1-4H3,(H,25,27);1H2/t12-;/m1./s1. The molecule has 1 aromatic carbocycles. The zero-order valence-electron chi connectivity index (χ0n) is 16.1. The molecule has 0 unspecified atom stereocenters. The summed E-state index contributed by atoms with van der Waals surface area (Å²) in [6.07, 6.45) is 4.65. The van der Waals surface area contributed by atoms with Crippen LogP contribution < -0.4 is 5.32 Å². The van der Waals surface area contributed by atoms with E-state index in [9.17, 15) is 4.79 Å². The van der Waals surface area contributed by atoms with E-state index < -0.39 is 6.04 Å². The Hall–Kier alpha value is -2.45. The first kappa shape index (κ1) is 21.8. The average Bonchev–Trinajstić information content (AvgIpc) is 3.11. The molecule has 1 amide bonds. The minimum atomic E-state index is -0.402. The van der Waals surface area contributed by atoms with Gasteiger partial charge in [-0.15, -0.1) is 0 Å². The number of nitrogens with one attached hydrogen (secondary N) is 1. The lowest BCUT2D eigenvalue weighted by atomic mass is 9.86. The van der Waals surface area contributed by atoms with Gasteiger partial charge in [0.2, 0.25) is 0 Å². The Morgan fingerprint density at radius 3 is 2.46 bits per heavy atom. The van der Waals surface area contributed by atoms with Crippen LogP contribution in [0.2, 0.25) is 5.02 Å². The van der Waals surface area contributed by atoms with Crippen molar-refractivity contribution in [3.63, 3.8) is 0 Å². The smallest absolute Gasteiger partial charge is 0.252 e. The van der Waals surface area contributed by atoms with E-state index in [0.29, 0.717) is 22.4 Å². The van der Waals surface area contributed by atoms with Crippen molar-refractivity contribution in [2.24, 2.45) is 0 Å². The van der Waals surface area contributed by atoms with Crippen molar-refractivity contribution in [1.29, 1.82) is 0 Å². The van der Waals surface area contributed by atoms with E-state index >= 15 is 0 Å². The van der Waals surface area contributed by atoms with Gasteiger partial charge in [-0.1, -0.05) is 32.4 Å². The third kappa shape index (κ3) is 4.88. The van der Waals surface area contributed by atoms with Crippen LogP contribution in [0.4, 0.5) is 0 Å². The number of amides is 1. The number of carbonyl (C=O) groups is 1. The van der Waals surface area contributed by atoms with Crippen LogP contribution in [0.15, 0.2) is 43.0 Å². The summed E-state index contributed by atoms with van der Waals surface area (Å²) < 4.78 is 1.50. The monoisotopic (exact) mass is 418 g/mol. The second-order valence-corrected chi connectivity index (χ2v) is 7.69. The van der Waals surface area contributed by atoms with Gasteiger partial charge in [-0.05, 0) is 42.2 Å². The Morgan fingerprint density at radius 2 is 1.82 bits per heavy atom. The molecule has 0 aliphatic heterocycles. The summed E-state index contributed by atoms with van der Waals surface area (Å²) in [5.74, 6) is 0.690. The van der Waals surface area contributed by atoms with Crippen LogP contribution >= 0.6 is 25.1 Å². The van der Waals surface area contributed by atoms with Gasteiger partial charge in [-0.25, -0.2) is 15.0 Å². The molecule has 3 rings (SSSR count). The van der Waals surface area contributed by atoms with Crippen molar-refractivity contribution in [1.82, 2.24) is 30.0 Å². The molecule has 0 saturated carbocycles. The third-order valence-electron chi connectivity index (χ3n) is 4.08. The lowest BCUT2D eigenvalue weighted by Crippen LogP contribution is -2.29. The first-order chi connectivity index (χ1) is 12.8. The molecular formula is C19H23ClN6OS. The van der Waals surface area contributed by atoms with Crippen LogP contribution in [0, 0.1) is 0 Å². The summed E-state index contributed by atoms with van der Waals surface area (Å²) in [6.45, 7) is 8.05. The molecule has 0 bridgehead atoms. The van der Waals surface area contributed by atoms with Gasteiger partial charge in [-0.2, -0.15) is 23.3 Å². The van der Waals surface area contributed by atoms with E-state index in [1.165, 1.54) is 11.0 Å². The highest BCUT2D eigenvalue weighted by Gasteiger charge is 2.21. The molecule has 9 heteroatoms. The fourth-order valence-electron chi connectivity index (χ4n) is 2.60. The topological polar surface area (TPSA) is 85.6 Å². The molecule has 0 spiro atoms. The largest absolute Gasteiger partial charge is 0.342 e. The molecule has 28 heavy (non-hydrogen) atoms. The van der Waals surface area contributed by atoms with E-state index in [4.69, 9.17) is 11.6 Å². The quantitative estimate of drug-likeness (QED) is 0.699. The van der Waals surface area contributed by atoms with Crippen molar-refractivity contribution >= 4 is 31.0 Å². The van der Waals surface area contributed by atoms with E-state index in [0.717, 1.165) is 5.56 Å². The summed E-state index contributed by atoms with van der Waals surface area (Å²) in [5, 5.41) is 7.62. The SMILES string of the molecule is C[C@@H](NC(=O)c1cc(Cl)cc(C(C)(C)C)c1)c1ncnn1-c1ncccn1.S. The number of carbonyl (C=O) groups excluding carboxylic acids is 1. The summed E-state index contributed by atoms with van der Waals surface area (Å²) in [5.41, 5.74) is 1.38. The van der Waals surface area contributed by atoms with E-state index in [-0.39, 0.29) is 24.8 Å². The Labute approximate surface area is 176 Å². The molecule has 1 N–H and O–H groups in total. The Morgan fingerprint density at radius 1 is 1.14 bits per heavy atom. The van der Waals surface area contributed by atoms with Crippen LogP contribution in [0.25, 0.3) is 5.95 Å². The molecule has 0 aliphatic carbocycles. The minimum Gasteiger partial charge on any atom is -0.342 e. The van der Waals surface area contributed by atoms with Gasteiger partial charge in [0, 0.05) is 23.0 Å². The van der Waals surface area contributed by atoms with Crippen LogP contribution in [0.1, 0.15) is 55.5 Å². The zero-order chi connectivity index (χ0) is 19.6. The molecule has 2 aromatic heterocycles. The van der Waals surface area contributed by atoms with Crippen LogP contribution in [-0.2, 0) is 5.41 Å². The van der Waals surface area contributed by atoms with E-state index in [1.54, 1.807) is 24.5 Å². The van der Waals surface area contributed by atoms with Gasteiger partial charge >= 0.3 is 0 Å². The van der Waals surface area contributed by atoms with Crippen molar-refractivity contribution in [3.05, 3.63) is 65.0 Å². The Bertz CT molecular complexity index is 955. The third-order valence-corrected chi connectivity index (χ3v) is 4.29. The molecule has 2 heterocycles. The lowest BCUT2D eigenvalue weighted by Gasteiger charge is -2.21. The first-order valence-electron chi connectivity index (χ1n) is 8.55. The normalized spacial score (nSPS) is 12.2. The van der Waals surface area contributed by atoms with Gasteiger partial charge < -0.3 is 5.32 Å². The Kier molecular flexibility index (Phi) is 6.79. The molecule has 0 saturated heterocycles. The number of nitrogens with zero attached hydrogens (tertiary/aromatic N) is 5. The van der Waals surface area contributed by atoms with Gasteiger partial charge in [0.05, 0.1) is 6.04 Å². The van der Waals surface area contributed by atoms with Gasteiger partial charge in [0.1, 0.15) is 6.33 Å². The molecule has 3 aromatic rings. The molecule has 0 fully saturated rings. The Balaban J connectivity index is 0.00000280. The maximum atomic E-state index is 12.8. The van der Waals surface area contributed by atoms with Gasteiger partial charge in [0.15, 0.2) is 5.82 Å². The molecular weight excluding hydrogens is 396 g/mol. The predicted octanol–water partition coefficient (Wildman–Crippen LogP) is 3.61. The zero-order valence-corrected chi connectivity index (χ0v) is 17.9.